The van der Waals surface area contributed by atoms with Crippen LogP contribution in [0.1, 0.15) is 13.8 Å². The van der Waals surface area contributed by atoms with Gasteiger partial charge in [0.2, 0.25) is 0 Å². The number of halogens is 1. The highest BCUT2D eigenvalue weighted by Crippen LogP contribution is 2.23. The number of aliphatic hydroxyl groups excluding tert-OH is 1. The van der Waals surface area contributed by atoms with Crippen LogP contribution in [0.25, 0.3) is 0 Å². The van der Waals surface area contributed by atoms with Gasteiger partial charge < -0.3 is 9.84 Å². The van der Waals surface area contributed by atoms with Crippen molar-refractivity contribution in [1.82, 2.24) is 4.98 Å². The highest BCUT2D eigenvalue weighted by molar-refractivity contribution is 9.10. The molecule has 1 unspecified atom stereocenters. The maximum Gasteiger partial charge on any atom is 0.152 e. The van der Waals surface area contributed by atoms with E-state index < -0.39 is 0 Å². The fraction of sp³-hybridized carbons (Fsp3) is 0.500. The number of aliphatic hydroxyl groups is 1. The molecule has 0 saturated heterocycles. The van der Waals surface area contributed by atoms with Crippen molar-refractivity contribution in [1.29, 1.82) is 0 Å². The van der Waals surface area contributed by atoms with E-state index in [0.29, 0.717) is 10.4 Å². The first-order chi connectivity index (χ1) is 6.65. The molecule has 1 aromatic rings. The van der Waals surface area contributed by atoms with Crippen LogP contribution in [0.3, 0.4) is 0 Å². The number of ether oxygens (including phenoxy) is 1. The maximum atomic E-state index is 9.09. The smallest absolute Gasteiger partial charge is 0.152 e. The summed E-state index contributed by atoms with van der Waals surface area (Å²) in [6.45, 7) is 4.02. The fourth-order valence-electron chi connectivity index (χ4n) is 1.01. The van der Waals surface area contributed by atoms with E-state index in [2.05, 4.69) is 20.9 Å². The van der Waals surface area contributed by atoms with Gasteiger partial charge in [-0.15, -0.1) is 0 Å². The van der Waals surface area contributed by atoms with Crippen molar-refractivity contribution in [3.05, 3.63) is 22.9 Å². The minimum atomic E-state index is -0.185. The van der Waals surface area contributed by atoms with Crippen molar-refractivity contribution in [2.75, 3.05) is 6.61 Å². The molecule has 1 N–H and O–H groups in total. The molecule has 0 aliphatic carbocycles. The van der Waals surface area contributed by atoms with Crippen LogP contribution in [0.4, 0.5) is 0 Å². The summed E-state index contributed by atoms with van der Waals surface area (Å²) in [6, 6.07) is 3.62. The van der Waals surface area contributed by atoms with Gasteiger partial charge in [-0.2, -0.15) is 0 Å². The number of hydrogen-bond acceptors (Lipinski definition) is 3. The summed E-state index contributed by atoms with van der Waals surface area (Å²) in [6.07, 6.45) is 1.50. The highest BCUT2D eigenvalue weighted by atomic mass is 79.9. The Labute approximate surface area is 92.3 Å². The molecule has 3 nitrogen and oxygen atoms in total. The molecule has 0 saturated carbocycles. The minimum Gasteiger partial charge on any atom is -0.485 e. The first-order valence-electron chi connectivity index (χ1n) is 4.53. The lowest BCUT2D eigenvalue weighted by Gasteiger charge is -2.20. The Morgan fingerprint density at radius 2 is 2.29 bits per heavy atom. The third-order valence-electron chi connectivity index (χ3n) is 1.93. The number of pyridine rings is 1. The van der Waals surface area contributed by atoms with Crippen LogP contribution < -0.4 is 4.74 Å². The molecule has 0 aliphatic heterocycles. The molecule has 1 atom stereocenters. The molecular formula is C10H14BrNO2. The van der Waals surface area contributed by atoms with Gasteiger partial charge in [0.1, 0.15) is 10.7 Å². The van der Waals surface area contributed by atoms with Crippen molar-refractivity contribution in [3.63, 3.8) is 0 Å². The third-order valence-corrected chi connectivity index (χ3v) is 2.52. The molecule has 0 fully saturated rings. The molecule has 1 rings (SSSR count). The summed E-state index contributed by atoms with van der Waals surface area (Å²) in [4.78, 5) is 4.04. The number of aromatic nitrogens is 1. The predicted octanol–water partition coefficient (Wildman–Crippen LogP) is 2.24. The second-order valence-corrected chi connectivity index (χ2v) is 4.13. The second kappa shape index (κ2) is 5.32. The summed E-state index contributed by atoms with van der Waals surface area (Å²) >= 11 is 3.29. The zero-order valence-corrected chi connectivity index (χ0v) is 9.86. The fourth-order valence-corrected chi connectivity index (χ4v) is 1.35. The SMILES string of the molecule is CC(C)C(CO)Oc1cccnc1Br. The van der Waals surface area contributed by atoms with Crippen molar-refractivity contribution in [2.24, 2.45) is 5.92 Å². The first-order valence-corrected chi connectivity index (χ1v) is 5.32. The zero-order valence-electron chi connectivity index (χ0n) is 8.27. The lowest BCUT2D eigenvalue weighted by molar-refractivity contribution is 0.0791. The Kier molecular flexibility index (Phi) is 4.35. The molecule has 0 aliphatic rings. The van der Waals surface area contributed by atoms with Crippen LogP contribution in [-0.2, 0) is 0 Å². The number of hydrogen-bond donors (Lipinski definition) is 1. The van der Waals surface area contributed by atoms with Crippen LogP contribution in [-0.4, -0.2) is 22.8 Å². The van der Waals surface area contributed by atoms with Crippen LogP contribution in [0, 0.1) is 5.92 Å². The lowest BCUT2D eigenvalue weighted by atomic mass is 10.1. The Morgan fingerprint density at radius 3 is 2.79 bits per heavy atom. The van der Waals surface area contributed by atoms with Gasteiger partial charge in [0.05, 0.1) is 6.61 Å². The Balaban J connectivity index is 2.72. The highest BCUT2D eigenvalue weighted by Gasteiger charge is 2.15. The average Bonchev–Trinajstić information content (AvgIpc) is 2.16. The Morgan fingerprint density at radius 1 is 1.57 bits per heavy atom. The van der Waals surface area contributed by atoms with Crippen LogP contribution in [0.5, 0.6) is 5.75 Å². The van der Waals surface area contributed by atoms with Gasteiger partial charge in [-0.25, -0.2) is 4.98 Å². The van der Waals surface area contributed by atoms with E-state index in [1.165, 1.54) is 0 Å². The van der Waals surface area contributed by atoms with E-state index >= 15 is 0 Å². The van der Waals surface area contributed by atoms with E-state index in [1.54, 1.807) is 12.3 Å². The molecule has 0 aromatic carbocycles. The quantitative estimate of drug-likeness (QED) is 0.844. The first kappa shape index (κ1) is 11.5. The van der Waals surface area contributed by atoms with Crippen molar-refractivity contribution in [2.45, 2.75) is 20.0 Å². The van der Waals surface area contributed by atoms with Gasteiger partial charge in [0.15, 0.2) is 5.75 Å². The van der Waals surface area contributed by atoms with E-state index in [4.69, 9.17) is 9.84 Å². The molecule has 0 spiro atoms. The van der Waals surface area contributed by atoms with Gasteiger partial charge in [-0.1, -0.05) is 13.8 Å². The van der Waals surface area contributed by atoms with Crippen LogP contribution in [0.15, 0.2) is 22.9 Å². The Hall–Kier alpha value is -0.610. The summed E-state index contributed by atoms with van der Waals surface area (Å²) in [7, 11) is 0. The monoisotopic (exact) mass is 259 g/mol. The molecular weight excluding hydrogens is 246 g/mol. The average molecular weight is 260 g/mol. The van der Waals surface area contributed by atoms with Gasteiger partial charge in [-0.05, 0) is 34.0 Å². The third kappa shape index (κ3) is 2.96. The topological polar surface area (TPSA) is 42.4 Å². The maximum absolute atomic E-state index is 9.09. The summed E-state index contributed by atoms with van der Waals surface area (Å²) in [5.74, 6) is 0.937. The van der Waals surface area contributed by atoms with Crippen molar-refractivity contribution in [3.8, 4) is 5.75 Å². The van der Waals surface area contributed by atoms with E-state index in [0.717, 1.165) is 0 Å². The van der Waals surface area contributed by atoms with Crippen molar-refractivity contribution < 1.29 is 9.84 Å². The molecule has 78 valence electrons. The molecule has 0 radical (unpaired) electrons. The van der Waals surface area contributed by atoms with Gasteiger partial charge in [-0.3, -0.25) is 0 Å². The number of rotatable bonds is 4. The lowest BCUT2D eigenvalue weighted by Crippen LogP contribution is -2.27. The predicted molar refractivity (Wildman–Crippen MR) is 58.3 cm³/mol. The van der Waals surface area contributed by atoms with E-state index in [9.17, 15) is 0 Å². The molecule has 14 heavy (non-hydrogen) atoms. The van der Waals surface area contributed by atoms with Gasteiger partial charge in [0.25, 0.3) is 0 Å². The van der Waals surface area contributed by atoms with Crippen molar-refractivity contribution >= 4 is 15.9 Å². The van der Waals surface area contributed by atoms with E-state index in [1.807, 2.05) is 19.9 Å². The van der Waals surface area contributed by atoms with Gasteiger partial charge >= 0.3 is 0 Å². The molecule has 0 bridgehead atoms. The van der Waals surface area contributed by atoms with E-state index in [-0.39, 0.29) is 18.6 Å². The summed E-state index contributed by atoms with van der Waals surface area (Å²) in [5, 5.41) is 9.09. The number of nitrogens with zero attached hydrogens (tertiary/aromatic N) is 1. The second-order valence-electron chi connectivity index (χ2n) is 3.38. The van der Waals surface area contributed by atoms with Gasteiger partial charge in [0, 0.05) is 6.20 Å². The standard InChI is InChI=1S/C10H14BrNO2/c1-7(2)9(6-13)14-8-4-3-5-12-10(8)11/h3-5,7,9,13H,6H2,1-2H3. The summed E-state index contributed by atoms with van der Waals surface area (Å²) < 4.78 is 6.26. The minimum absolute atomic E-state index is 0.0129. The zero-order chi connectivity index (χ0) is 10.6. The molecule has 4 heteroatoms. The Bertz CT molecular complexity index is 291. The largest absolute Gasteiger partial charge is 0.485 e. The molecule has 1 heterocycles. The molecule has 1 aromatic heterocycles. The normalized spacial score (nSPS) is 12.9. The van der Waals surface area contributed by atoms with Crippen LogP contribution in [0.2, 0.25) is 0 Å². The molecule has 0 amide bonds. The summed E-state index contributed by atoms with van der Waals surface area (Å²) in [5.41, 5.74) is 0. The van der Waals surface area contributed by atoms with Crippen LogP contribution >= 0.6 is 15.9 Å².